The predicted octanol–water partition coefficient (Wildman–Crippen LogP) is 6.42. The van der Waals surface area contributed by atoms with E-state index < -0.39 is 0 Å². The third-order valence-electron chi connectivity index (χ3n) is 5.23. The number of aryl methyl sites for hydroxylation is 1. The van der Waals surface area contributed by atoms with Gasteiger partial charge in [-0.2, -0.15) is 0 Å². The van der Waals surface area contributed by atoms with Crippen molar-refractivity contribution in [2.45, 2.75) is 81.9 Å². The van der Waals surface area contributed by atoms with Crippen molar-refractivity contribution in [3.05, 3.63) is 62.9 Å². The average Bonchev–Trinajstić information content (AvgIpc) is 2.85. The molecule has 1 atom stereocenters. The highest BCUT2D eigenvalue weighted by Crippen LogP contribution is 2.24. The normalized spacial score (nSPS) is 12.9. The Bertz CT molecular complexity index is 1190. The first-order chi connectivity index (χ1) is 17.1. The lowest BCUT2D eigenvalue weighted by Crippen LogP contribution is -2.42. The number of aromatic nitrogens is 1. The van der Waals surface area contributed by atoms with Crippen LogP contribution in [0.25, 0.3) is 23.3 Å². The van der Waals surface area contributed by atoms with Crippen LogP contribution in [0, 0.1) is 12.8 Å². The van der Waals surface area contributed by atoms with Gasteiger partial charge in [0.15, 0.2) is 12.1 Å². The minimum atomic E-state index is -0.252. The lowest BCUT2D eigenvalue weighted by Gasteiger charge is -2.20. The molecule has 200 valence electrons. The monoisotopic (exact) mass is 495 g/mol. The van der Waals surface area contributed by atoms with Crippen molar-refractivity contribution >= 4 is 23.7 Å². The van der Waals surface area contributed by atoms with Gasteiger partial charge in [-0.05, 0) is 74.2 Å². The molecule has 5 heteroatoms. The summed E-state index contributed by atoms with van der Waals surface area (Å²) in [6, 6.07) is 8.01. The van der Waals surface area contributed by atoms with E-state index in [1.807, 2.05) is 91.8 Å². The van der Waals surface area contributed by atoms with Gasteiger partial charge in [0, 0.05) is 31.8 Å². The second-order valence-electron chi connectivity index (χ2n) is 8.69. The maximum Gasteiger partial charge on any atom is 0.258 e. The molecule has 0 bridgehead atoms. The van der Waals surface area contributed by atoms with Crippen LogP contribution in [-0.4, -0.2) is 23.7 Å². The molecule has 0 saturated heterocycles. The Hall–Kier alpha value is -3.08. The van der Waals surface area contributed by atoms with E-state index in [9.17, 15) is 4.79 Å². The molecule has 1 heterocycles. The summed E-state index contributed by atoms with van der Waals surface area (Å²) in [5, 5.41) is 5.24. The summed E-state index contributed by atoms with van der Waals surface area (Å²) in [6.45, 7) is 24.1. The molecule has 2 aromatic rings. The zero-order valence-electron chi connectivity index (χ0n) is 24.7. The van der Waals surface area contributed by atoms with Gasteiger partial charge in [-0.3, -0.25) is 9.79 Å². The van der Waals surface area contributed by atoms with Crippen molar-refractivity contribution < 1.29 is 4.74 Å². The zero-order valence-corrected chi connectivity index (χ0v) is 24.7. The molecular formula is C31H49N3O2. The molecule has 0 radical (unpaired) electrons. The van der Waals surface area contributed by atoms with Crippen molar-refractivity contribution in [2.24, 2.45) is 18.0 Å². The molecule has 1 aromatic carbocycles. The fourth-order valence-corrected chi connectivity index (χ4v) is 3.62. The molecule has 0 saturated carbocycles. The van der Waals surface area contributed by atoms with E-state index in [1.54, 1.807) is 18.7 Å². The Kier molecular flexibility index (Phi) is 15.1. The standard InChI is InChI=1S/C27H37N3O2.2C2H6/c1-10-21-15-24(27(31)30(9)25(21)13-17(2)3)23-16-22(12-11-19(23)6)29-20(7)32-26(28-8)14-18(4)5;2*1-2/h10-13,15-16,18,20,29H,2,14H2,1,3-9H3;2*1-2H3/b21-10-,25-13+,28-26?;;. The summed E-state index contributed by atoms with van der Waals surface area (Å²) in [4.78, 5) is 17.5. The highest BCUT2D eigenvalue weighted by Gasteiger charge is 2.13. The molecule has 36 heavy (non-hydrogen) atoms. The fourth-order valence-electron chi connectivity index (χ4n) is 3.62. The van der Waals surface area contributed by atoms with Gasteiger partial charge in [-0.15, -0.1) is 0 Å². The molecule has 0 aliphatic heterocycles. The van der Waals surface area contributed by atoms with Crippen LogP contribution < -0.4 is 21.4 Å². The summed E-state index contributed by atoms with van der Waals surface area (Å²) in [6.07, 6.45) is 4.50. The van der Waals surface area contributed by atoms with Gasteiger partial charge in [-0.1, -0.05) is 65.8 Å². The number of hydrogen-bond acceptors (Lipinski definition) is 4. The lowest BCUT2D eigenvalue weighted by molar-refractivity contribution is 0.225. The molecule has 0 spiro atoms. The summed E-state index contributed by atoms with van der Waals surface area (Å²) >= 11 is 0. The lowest BCUT2D eigenvalue weighted by atomic mass is 10.00. The van der Waals surface area contributed by atoms with E-state index in [0.29, 0.717) is 11.5 Å². The van der Waals surface area contributed by atoms with Gasteiger partial charge < -0.3 is 14.6 Å². The minimum Gasteiger partial charge on any atom is -0.458 e. The van der Waals surface area contributed by atoms with Crippen LogP contribution >= 0.6 is 0 Å². The van der Waals surface area contributed by atoms with Crippen LogP contribution in [0.2, 0.25) is 0 Å². The largest absolute Gasteiger partial charge is 0.458 e. The number of ether oxygens (including phenoxy) is 1. The third-order valence-corrected chi connectivity index (χ3v) is 5.23. The van der Waals surface area contributed by atoms with Crippen LogP contribution in [0.15, 0.2) is 46.2 Å². The Morgan fingerprint density at radius 1 is 1.14 bits per heavy atom. The molecular weight excluding hydrogens is 446 g/mol. The van der Waals surface area contributed by atoms with Crippen molar-refractivity contribution in [1.29, 1.82) is 0 Å². The van der Waals surface area contributed by atoms with Gasteiger partial charge >= 0.3 is 0 Å². The van der Waals surface area contributed by atoms with Crippen molar-refractivity contribution in [3.63, 3.8) is 0 Å². The van der Waals surface area contributed by atoms with Gasteiger partial charge in [0.05, 0.1) is 5.35 Å². The first-order valence-corrected chi connectivity index (χ1v) is 13.1. The Morgan fingerprint density at radius 3 is 2.25 bits per heavy atom. The summed E-state index contributed by atoms with van der Waals surface area (Å²) in [5.41, 5.74) is 4.36. The van der Waals surface area contributed by atoms with Crippen molar-refractivity contribution in [2.75, 3.05) is 12.4 Å². The van der Waals surface area contributed by atoms with Crippen molar-refractivity contribution in [1.82, 2.24) is 4.57 Å². The van der Waals surface area contributed by atoms with Gasteiger partial charge in [0.1, 0.15) is 0 Å². The van der Waals surface area contributed by atoms with E-state index in [2.05, 4.69) is 30.7 Å². The summed E-state index contributed by atoms with van der Waals surface area (Å²) in [5.74, 6) is 1.20. The van der Waals surface area contributed by atoms with E-state index >= 15 is 0 Å². The fraction of sp³-hybridized carbons (Fsp3) is 0.484. The number of aliphatic imine (C=N–C) groups is 1. The van der Waals surface area contributed by atoms with Crippen molar-refractivity contribution in [3.8, 4) is 11.1 Å². The second kappa shape index (κ2) is 16.6. The second-order valence-corrected chi connectivity index (χ2v) is 8.69. The minimum absolute atomic E-state index is 0.0371. The molecule has 0 fully saturated rings. The number of allylic oxidation sites excluding steroid dienone is 1. The average molecular weight is 496 g/mol. The Balaban J connectivity index is 0.00000291. The SMILES string of the molecule is C=C(C)/C=c1\c(=C/C)cc(-c2cc(NC(C)OC(CC(C)C)=NC)ccc2C)c(=O)n1C.CC.CC. The van der Waals surface area contributed by atoms with Gasteiger partial charge in [0.2, 0.25) is 0 Å². The molecule has 5 nitrogen and oxygen atoms in total. The van der Waals surface area contributed by atoms with Crippen LogP contribution in [0.3, 0.4) is 0 Å². The van der Waals surface area contributed by atoms with Crippen LogP contribution in [0.1, 0.15) is 74.3 Å². The maximum absolute atomic E-state index is 13.3. The number of benzene rings is 1. The molecule has 1 unspecified atom stereocenters. The smallest absolute Gasteiger partial charge is 0.258 e. The van der Waals surface area contributed by atoms with E-state index in [0.717, 1.165) is 45.3 Å². The van der Waals surface area contributed by atoms with Gasteiger partial charge in [-0.25, -0.2) is 0 Å². The van der Waals surface area contributed by atoms with Gasteiger partial charge in [0.25, 0.3) is 5.56 Å². The molecule has 1 aromatic heterocycles. The first kappa shape index (κ1) is 32.9. The van der Waals surface area contributed by atoms with E-state index in [4.69, 9.17) is 4.74 Å². The Labute approximate surface area is 219 Å². The first-order valence-electron chi connectivity index (χ1n) is 13.1. The molecule has 2 rings (SSSR count). The number of pyridine rings is 1. The van der Waals surface area contributed by atoms with Crippen LogP contribution in [0.4, 0.5) is 5.69 Å². The summed E-state index contributed by atoms with van der Waals surface area (Å²) < 4.78 is 7.67. The predicted molar refractivity (Wildman–Crippen MR) is 160 cm³/mol. The highest BCUT2D eigenvalue weighted by atomic mass is 16.5. The number of nitrogens with zero attached hydrogens (tertiary/aromatic N) is 2. The molecule has 0 amide bonds. The number of anilines is 1. The quantitative estimate of drug-likeness (QED) is 0.274. The summed E-state index contributed by atoms with van der Waals surface area (Å²) in [7, 11) is 3.56. The maximum atomic E-state index is 13.3. The molecule has 0 aliphatic carbocycles. The molecule has 1 N–H and O–H groups in total. The third kappa shape index (κ3) is 9.52. The number of nitrogens with one attached hydrogen (secondary N) is 1. The van der Waals surface area contributed by atoms with E-state index in [1.165, 1.54) is 0 Å². The van der Waals surface area contributed by atoms with Crippen LogP contribution in [-0.2, 0) is 11.8 Å². The molecule has 0 aliphatic rings. The number of rotatable bonds is 7. The Morgan fingerprint density at radius 2 is 1.75 bits per heavy atom. The topological polar surface area (TPSA) is 55.6 Å². The zero-order chi connectivity index (χ0) is 28.0. The highest BCUT2D eigenvalue weighted by molar-refractivity contribution is 5.76. The number of hydrogen-bond donors (Lipinski definition) is 1. The van der Waals surface area contributed by atoms with Crippen LogP contribution in [0.5, 0.6) is 0 Å². The van der Waals surface area contributed by atoms with E-state index in [-0.39, 0.29) is 11.8 Å².